The third kappa shape index (κ3) is 4.64. The number of urea groups is 1. The van der Waals surface area contributed by atoms with E-state index >= 15 is 0 Å². The molecule has 4 rings (SSSR count). The minimum Gasteiger partial charge on any atom is -0.376 e. The van der Waals surface area contributed by atoms with Crippen molar-refractivity contribution in [1.82, 2.24) is 20.4 Å². The Morgan fingerprint density at radius 3 is 2.66 bits per heavy atom. The average Bonchev–Trinajstić information content (AvgIpc) is 3.43. The van der Waals surface area contributed by atoms with Crippen molar-refractivity contribution in [2.45, 2.75) is 63.0 Å². The molecule has 2 aliphatic rings. The number of hydrogen-bond acceptors (Lipinski definition) is 3. The first-order valence-corrected chi connectivity index (χ1v) is 11.0. The molecule has 0 radical (unpaired) electrons. The van der Waals surface area contributed by atoms with Gasteiger partial charge in [0.25, 0.3) is 0 Å². The number of aromatic nitrogens is 2. The van der Waals surface area contributed by atoms with Crippen LogP contribution in [0.2, 0.25) is 0 Å². The summed E-state index contributed by atoms with van der Waals surface area (Å²) in [5, 5.41) is 10.2. The summed E-state index contributed by atoms with van der Waals surface area (Å²) < 4.78 is 6.38. The smallest absolute Gasteiger partial charge is 0.317 e. The Balaban J connectivity index is 1.35. The van der Waals surface area contributed by atoms with Gasteiger partial charge in [0.15, 0.2) is 0 Å². The third-order valence-corrected chi connectivity index (χ3v) is 6.50. The van der Waals surface area contributed by atoms with Gasteiger partial charge < -0.3 is 15.0 Å². The number of hydrogen-bond donors (Lipinski definition) is 2. The summed E-state index contributed by atoms with van der Waals surface area (Å²) >= 11 is 0. The second kappa shape index (κ2) is 9.44. The summed E-state index contributed by atoms with van der Waals surface area (Å²) in [6, 6.07) is 12.9. The van der Waals surface area contributed by atoms with Gasteiger partial charge in [-0.1, -0.05) is 30.3 Å². The first kappa shape index (κ1) is 20.0. The minimum atomic E-state index is 0.0101. The van der Waals surface area contributed by atoms with Gasteiger partial charge in [0, 0.05) is 30.9 Å². The molecule has 2 atom stereocenters. The number of likely N-dealkylation sites (tertiary alicyclic amines) is 1. The topological polar surface area (TPSA) is 70.2 Å². The predicted molar refractivity (Wildman–Crippen MR) is 113 cm³/mol. The number of aromatic amines is 1. The summed E-state index contributed by atoms with van der Waals surface area (Å²) in [6.07, 6.45) is 7.52. The van der Waals surface area contributed by atoms with Gasteiger partial charge in [-0.05, 0) is 56.6 Å². The van der Waals surface area contributed by atoms with Gasteiger partial charge in [-0.25, -0.2) is 4.79 Å². The van der Waals surface area contributed by atoms with Crippen LogP contribution in [0.3, 0.4) is 0 Å². The molecule has 156 valence electrons. The second-order valence-electron chi connectivity index (χ2n) is 8.22. The van der Waals surface area contributed by atoms with Crippen LogP contribution in [-0.2, 0) is 4.74 Å². The number of carbonyl (C=O) groups is 1. The summed E-state index contributed by atoms with van der Waals surface area (Å²) in [5.41, 5.74) is 2.54. The fraction of sp³-hybridized carbons (Fsp3) is 0.565. The quantitative estimate of drug-likeness (QED) is 0.774. The Hall–Kier alpha value is -2.34. The lowest BCUT2D eigenvalue weighted by atomic mass is 9.83. The molecule has 2 heterocycles. The van der Waals surface area contributed by atoms with E-state index in [-0.39, 0.29) is 24.1 Å². The lowest BCUT2D eigenvalue weighted by molar-refractivity contribution is -0.000471. The summed E-state index contributed by atoms with van der Waals surface area (Å²) in [5.74, 6) is 0.896. The van der Waals surface area contributed by atoms with E-state index in [1.165, 1.54) is 18.4 Å². The molecule has 0 spiro atoms. The van der Waals surface area contributed by atoms with Gasteiger partial charge in [-0.15, -0.1) is 0 Å². The number of rotatable bonds is 6. The van der Waals surface area contributed by atoms with E-state index in [9.17, 15) is 4.79 Å². The van der Waals surface area contributed by atoms with Crippen molar-refractivity contribution in [1.29, 1.82) is 0 Å². The predicted octanol–water partition coefficient (Wildman–Crippen LogP) is 4.04. The monoisotopic (exact) mass is 396 g/mol. The number of carbonyl (C=O) groups excluding carboxylic acids is 1. The molecule has 1 aromatic heterocycles. The molecule has 2 fully saturated rings. The largest absolute Gasteiger partial charge is 0.376 e. The van der Waals surface area contributed by atoms with Crippen molar-refractivity contribution in [3.63, 3.8) is 0 Å². The normalized spacial score (nSPS) is 27.1. The Morgan fingerprint density at radius 1 is 1.17 bits per heavy atom. The molecule has 29 heavy (non-hydrogen) atoms. The third-order valence-electron chi connectivity index (χ3n) is 6.50. The highest BCUT2D eigenvalue weighted by Crippen LogP contribution is 2.36. The van der Waals surface area contributed by atoms with Gasteiger partial charge in [-0.3, -0.25) is 5.10 Å². The zero-order chi connectivity index (χ0) is 20.1. The molecule has 2 aromatic rings. The number of ether oxygens (including phenoxy) is 1. The fourth-order valence-electron chi connectivity index (χ4n) is 4.92. The van der Waals surface area contributed by atoms with Crippen LogP contribution in [0.25, 0.3) is 0 Å². The SMILES string of the molecule is CCNC(=O)N1CCC(c2ccn[nH]2)C1COC1CCC(c2ccccc2)CC1. The first-order valence-electron chi connectivity index (χ1n) is 11.0. The maximum atomic E-state index is 12.6. The molecule has 2 unspecified atom stereocenters. The molecule has 6 heteroatoms. The second-order valence-corrected chi connectivity index (χ2v) is 8.22. The molecule has 1 saturated heterocycles. The number of nitrogens with zero attached hydrogens (tertiary/aromatic N) is 2. The Bertz CT molecular complexity index is 756. The van der Waals surface area contributed by atoms with Gasteiger partial charge in [0.2, 0.25) is 0 Å². The maximum Gasteiger partial charge on any atom is 0.317 e. The lowest BCUT2D eigenvalue weighted by Gasteiger charge is -2.32. The molecule has 0 bridgehead atoms. The van der Waals surface area contributed by atoms with E-state index in [1.807, 2.05) is 17.9 Å². The summed E-state index contributed by atoms with van der Waals surface area (Å²) in [4.78, 5) is 14.5. The Morgan fingerprint density at radius 2 is 1.97 bits per heavy atom. The Labute approximate surface area is 173 Å². The van der Waals surface area contributed by atoms with Crippen molar-refractivity contribution in [3.8, 4) is 0 Å². The molecule has 2 N–H and O–H groups in total. The molecule has 1 saturated carbocycles. The van der Waals surface area contributed by atoms with Crippen LogP contribution in [0.15, 0.2) is 42.6 Å². The van der Waals surface area contributed by atoms with Crippen molar-refractivity contribution in [3.05, 3.63) is 53.9 Å². The highest BCUT2D eigenvalue weighted by atomic mass is 16.5. The van der Waals surface area contributed by atoms with Crippen LogP contribution in [-0.4, -0.2) is 53.0 Å². The van der Waals surface area contributed by atoms with E-state index in [4.69, 9.17) is 4.74 Å². The number of H-pyrrole nitrogens is 1. The van der Waals surface area contributed by atoms with Crippen LogP contribution in [0, 0.1) is 0 Å². The summed E-state index contributed by atoms with van der Waals surface area (Å²) in [7, 11) is 0. The molecular weight excluding hydrogens is 364 g/mol. The van der Waals surface area contributed by atoms with Crippen molar-refractivity contribution < 1.29 is 9.53 Å². The van der Waals surface area contributed by atoms with Gasteiger partial charge >= 0.3 is 6.03 Å². The maximum absolute atomic E-state index is 12.6. The van der Waals surface area contributed by atoms with Crippen LogP contribution in [0.5, 0.6) is 0 Å². The zero-order valence-corrected chi connectivity index (χ0v) is 17.2. The zero-order valence-electron chi connectivity index (χ0n) is 17.2. The van der Waals surface area contributed by atoms with Crippen molar-refractivity contribution >= 4 is 6.03 Å². The van der Waals surface area contributed by atoms with E-state index < -0.39 is 0 Å². The van der Waals surface area contributed by atoms with Gasteiger partial charge in [0.05, 0.1) is 18.8 Å². The minimum absolute atomic E-state index is 0.0101. The molecule has 1 aliphatic heterocycles. The van der Waals surface area contributed by atoms with Crippen LogP contribution in [0.1, 0.15) is 62.1 Å². The Kier molecular flexibility index (Phi) is 6.49. The number of nitrogens with one attached hydrogen (secondary N) is 2. The van der Waals surface area contributed by atoms with Crippen LogP contribution in [0.4, 0.5) is 4.79 Å². The fourth-order valence-corrected chi connectivity index (χ4v) is 4.92. The molecule has 1 aromatic carbocycles. The highest BCUT2D eigenvalue weighted by Gasteiger charge is 2.39. The van der Waals surface area contributed by atoms with Gasteiger partial charge in [-0.2, -0.15) is 5.10 Å². The summed E-state index contributed by atoms with van der Waals surface area (Å²) in [6.45, 7) is 3.93. The first-order chi connectivity index (χ1) is 14.3. The standard InChI is InChI=1S/C23H32N4O2/c1-2-24-23(28)27-15-13-20(21-12-14-25-26-21)22(27)16-29-19-10-8-18(9-11-19)17-6-4-3-5-7-17/h3-7,12,14,18-20,22H,2,8-11,13,15-16H2,1H3,(H,24,28)(H,25,26). The molecular formula is C23H32N4O2. The van der Waals surface area contributed by atoms with E-state index in [0.717, 1.165) is 31.5 Å². The highest BCUT2D eigenvalue weighted by molar-refractivity contribution is 5.75. The lowest BCUT2D eigenvalue weighted by Crippen LogP contribution is -2.46. The number of benzene rings is 1. The van der Waals surface area contributed by atoms with E-state index in [2.05, 4.69) is 45.8 Å². The molecule has 6 nitrogen and oxygen atoms in total. The van der Waals surface area contributed by atoms with Crippen molar-refractivity contribution in [2.24, 2.45) is 0 Å². The van der Waals surface area contributed by atoms with Crippen molar-refractivity contribution in [2.75, 3.05) is 19.7 Å². The van der Waals surface area contributed by atoms with E-state index in [0.29, 0.717) is 19.1 Å². The van der Waals surface area contributed by atoms with E-state index in [1.54, 1.807) is 6.20 Å². The van der Waals surface area contributed by atoms with Gasteiger partial charge in [0.1, 0.15) is 0 Å². The van der Waals surface area contributed by atoms with Crippen LogP contribution >= 0.6 is 0 Å². The molecule has 2 amide bonds. The average molecular weight is 397 g/mol. The van der Waals surface area contributed by atoms with Crippen LogP contribution < -0.4 is 5.32 Å². The number of amides is 2. The molecule has 1 aliphatic carbocycles.